The van der Waals surface area contributed by atoms with Crippen LogP contribution in [-0.4, -0.2) is 15.5 Å². The van der Waals surface area contributed by atoms with Gasteiger partial charge in [0.05, 0.1) is 22.4 Å². The summed E-state index contributed by atoms with van der Waals surface area (Å²) in [4.78, 5) is 31.0. The van der Waals surface area contributed by atoms with E-state index in [-0.39, 0.29) is 5.56 Å². The molecular formula is C21H15Cl2N3O2S. The van der Waals surface area contributed by atoms with Gasteiger partial charge in [0.1, 0.15) is 10.9 Å². The summed E-state index contributed by atoms with van der Waals surface area (Å²) >= 11 is 13.5. The van der Waals surface area contributed by atoms with Crippen molar-refractivity contribution in [3.05, 3.63) is 80.6 Å². The molecule has 1 unspecified atom stereocenters. The second-order valence-corrected chi connectivity index (χ2v) is 8.14. The maximum absolute atomic E-state index is 13.2. The van der Waals surface area contributed by atoms with Gasteiger partial charge in [0.25, 0.3) is 5.56 Å². The number of carbonyl (C=O) groups excluding carboxylic acids is 1. The average molecular weight is 444 g/mol. The number of aromatic nitrogens is 2. The first-order chi connectivity index (χ1) is 14.0. The molecule has 0 fully saturated rings. The van der Waals surface area contributed by atoms with Crippen LogP contribution in [0, 0.1) is 0 Å². The zero-order chi connectivity index (χ0) is 20.5. The van der Waals surface area contributed by atoms with Gasteiger partial charge in [-0.2, -0.15) is 0 Å². The quantitative estimate of drug-likeness (QED) is 0.444. The molecule has 0 aliphatic heterocycles. The average Bonchev–Trinajstić information content (AvgIpc) is 3.16. The first-order valence-electron chi connectivity index (χ1n) is 8.75. The number of anilines is 1. The number of carbonyl (C=O) groups is 1. The van der Waals surface area contributed by atoms with Crippen molar-refractivity contribution in [3.8, 4) is 11.1 Å². The summed E-state index contributed by atoms with van der Waals surface area (Å²) in [7, 11) is 0. The number of thiophene rings is 1. The van der Waals surface area contributed by atoms with Crippen molar-refractivity contribution in [1.82, 2.24) is 9.55 Å². The molecule has 2 aromatic heterocycles. The monoisotopic (exact) mass is 443 g/mol. The number of fused-ring (bicyclic) bond motifs is 1. The highest BCUT2D eigenvalue weighted by atomic mass is 35.5. The number of halogens is 2. The Morgan fingerprint density at radius 3 is 2.69 bits per heavy atom. The summed E-state index contributed by atoms with van der Waals surface area (Å²) in [6.07, 6.45) is 1.40. The lowest BCUT2D eigenvalue weighted by atomic mass is 10.1. The highest BCUT2D eigenvalue weighted by Crippen LogP contribution is 2.31. The molecule has 0 aliphatic carbocycles. The van der Waals surface area contributed by atoms with Crippen molar-refractivity contribution < 1.29 is 4.79 Å². The third-order valence-corrected chi connectivity index (χ3v) is 6.04. The fourth-order valence-corrected chi connectivity index (χ4v) is 4.25. The molecule has 1 N–H and O–H groups in total. The maximum atomic E-state index is 13.2. The lowest BCUT2D eigenvalue weighted by molar-refractivity contribution is -0.118. The van der Waals surface area contributed by atoms with Gasteiger partial charge in [0.2, 0.25) is 5.91 Å². The van der Waals surface area contributed by atoms with Gasteiger partial charge in [0, 0.05) is 16.0 Å². The van der Waals surface area contributed by atoms with Gasteiger partial charge in [-0.15, -0.1) is 11.3 Å². The normalized spacial score (nSPS) is 12.1. The minimum absolute atomic E-state index is 0.269. The van der Waals surface area contributed by atoms with Gasteiger partial charge >= 0.3 is 0 Å². The van der Waals surface area contributed by atoms with Gasteiger partial charge < -0.3 is 5.32 Å². The molecule has 0 saturated carbocycles. The molecule has 8 heteroatoms. The minimum Gasteiger partial charge on any atom is -0.323 e. The van der Waals surface area contributed by atoms with E-state index in [2.05, 4.69) is 10.3 Å². The number of benzene rings is 2. The fourth-order valence-electron chi connectivity index (χ4n) is 3.01. The maximum Gasteiger partial charge on any atom is 0.263 e. The summed E-state index contributed by atoms with van der Waals surface area (Å²) in [5.41, 5.74) is 1.86. The van der Waals surface area contributed by atoms with Crippen molar-refractivity contribution in [3.63, 3.8) is 0 Å². The van der Waals surface area contributed by atoms with E-state index in [1.54, 1.807) is 25.1 Å². The van der Waals surface area contributed by atoms with E-state index in [0.717, 1.165) is 11.1 Å². The largest absolute Gasteiger partial charge is 0.323 e. The molecule has 4 rings (SSSR count). The molecule has 0 spiro atoms. The van der Waals surface area contributed by atoms with E-state index in [0.29, 0.717) is 25.9 Å². The Morgan fingerprint density at radius 2 is 1.93 bits per heavy atom. The molecule has 29 heavy (non-hydrogen) atoms. The van der Waals surface area contributed by atoms with E-state index in [9.17, 15) is 9.59 Å². The number of nitrogens with one attached hydrogen (secondary N) is 1. The lowest BCUT2D eigenvalue weighted by Gasteiger charge is -2.16. The molecule has 0 radical (unpaired) electrons. The van der Waals surface area contributed by atoms with Gasteiger partial charge in [-0.05, 0) is 30.7 Å². The van der Waals surface area contributed by atoms with Crippen LogP contribution in [-0.2, 0) is 4.79 Å². The summed E-state index contributed by atoms with van der Waals surface area (Å²) in [6.45, 7) is 1.64. The van der Waals surface area contributed by atoms with Crippen molar-refractivity contribution in [2.24, 2.45) is 0 Å². The molecule has 0 saturated heterocycles. The number of amides is 1. The van der Waals surface area contributed by atoms with E-state index in [1.165, 1.54) is 22.2 Å². The number of hydrogen-bond donors (Lipinski definition) is 1. The first kappa shape index (κ1) is 19.6. The topological polar surface area (TPSA) is 64.0 Å². The zero-order valence-electron chi connectivity index (χ0n) is 15.2. The fraction of sp³-hybridized carbons (Fsp3) is 0.0952. The molecule has 5 nitrogen and oxygen atoms in total. The van der Waals surface area contributed by atoms with Crippen LogP contribution in [0.2, 0.25) is 10.0 Å². The Bertz CT molecular complexity index is 1270. The number of rotatable bonds is 4. The molecule has 1 amide bonds. The van der Waals surface area contributed by atoms with Gasteiger partial charge in [-0.3, -0.25) is 14.2 Å². The smallest absolute Gasteiger partial charge is 0.263 e. The Balaban J connectivity index is 1.72. The standard InChI is InChI=1S/C21H15Cl2N3O2S/c1-12(19(27)25-17-9-14(22)7-8-16(17)23)26-11-24-20-18(21(26)28)15(10-29-20)13-5-3-2-4-6-13/h2-12H,1H3,(H,25,27). The van der Waals surface area contributed by atoms with E-state index >= 15 is 0 Å². The highest BCUT2D eigenvalue weighted by molar-refractivity contribution is 7.17. The predicted octanol–water partition coefficient (Wildman–Crippen LogP) is 5.63. The number of hydrogen-bond acceptors (Lipinski definition) is 4. The Labute approximate surface area is 180 Å². The minimum atomic E-state index is -0.794. The highest BCUT2D eigenvalue weighted by Gasteiger charge is 2.21. The van der Waals surface area contributed by atoms with Crippen LogP contribution >= 0.6 is 34.5 Å². The molecular weight excluding hydrogens is 429 g/mol. The molecule has 1 atom stereocenters. The van der Waals surface area contributed by atoms with Crippen LogP contribution in [0.1, 0.15) is 13.0 Å². The van der Waals surface area contributed by atoms with E-state index < -0.39 is 11.9 Å². The van der Waals surface area contributed by atoms with Crippen LogP contribution in [0.3, 0.4) is 0 Å². The van der Waals surface area contributed by atoms with Gasteiger partial charge in [-0.25, -0.2) is 4.98 Å². The predicted molar refractivity (Wildman–Crippen MR) is 119 cm³/mol. The second kappa shape index (κ2) is 7.99. The Kier molecular flexibility index (Phi) is 5.41. The Hall–Kier alpha value is -2.67. The SMILES string of the molecule is CC(C(=O)Nc1cc(Cl)ccc1Cl)n1cnc2scc(-c3ccccc3)c2c1=O. The van der Waals surface area contributed by atoms with Crippen molar-refractivity contribution in [1.29, 1.82) is 0 Å². The molecule has 4 aromatic rings. The third-order valence-electron chi connectivity index (χ3n) is 4.59. The molecule has 146 valence electrons. The first-order valence-corrected chi connectivity index (χ1v) is 10.4. The van der Waals surface area contributed by atoms with Gasteiger partial charge in [0.15, 0.2) is 0 Å². The molecule has 0 aliphatic rings. The van der Waals surface area contributed by atoms with Gasteiger partial charge in [-0.1, -0.05) is 53.5 Å². The van der Waals surface area contributed by atoms with Crippen molar-refractivity contribution in [2.45, 2.75) is 13.0 Å². The summed E-state index contributed by atoms with van der Waals surface area (Å²) in [5, 5.41) is 5.95. The van der Waals surface area contributed by atoms with Crippen LogP contribution in [0.15, 0.2) is 65.0 Å². The van der Waals surface area contributed by atoms with E-state index in [1.807, 2.05) is 35.7 Å². The van der Waals surface area contributed by atoms with Crippen LogP contribution in [0.25, 0.3) is 21.3 Å². The van der Waals surface area contributed by atoms with Crippen LogP contribution < -0.4 is 10.9 Å². The third kappa shape index (κ3) is 3.79. The van der Waals surface area contributed by atoms with Crippen molar-refractivity contribution in [2.75, 3.05) is 5.32 Å². The van der Waals surface area contributed by atoms with Crippen LogP contribution in [0.4, 0.5) is 5.69 Å². The molecule has 0 bridgehead atoms. The molecule has 2 heterocycles. The van der Waals surface area contributed by atoms with E-state index in [4.69, 9.17) is 23.2 Å². The zero-order valence-corrected chi connectivity index (χ0v) is 17.6. The lowest BCUT2D eigenvalue weighted by Crippen LogP contribution is -2.31. The number of nitrogens with zero attached hydrogens (tertiary/aromatic N) is 2. The Morgan fingerprint density at radius 1 is 1.17 bits per heavy atom. The summed E-state index contributed by atoms with van der Waals surface area (Å²) in [5.74, 6) is -0.395. The van der Waals surface area contributed by atoms with Crippen molar-refractivity contribution >= 4 is 56.3 Å². The summed E-state index contributed by atoms with van der Waals surface area (Å²) < 4.78 is 1.33. The summed E-state index contributed by atoms with van der Waals surface area (Å²) in [6, 6.07) is 13.6. The molecule has 2 aromatic carbocycles. The van der Waals surface area contributed by atoms with Crippen LogP contribution in [0.5, 0.6) is 0 Å². The second-order valence-electron chi connectivity index (χ2n) is 6.44.